The van der Waals surface area contributed by atoms with Gasteiger partial charge in [0.05, 0.1) is 0 Å². The van der Waals surface area contributed by atoms with Gasteiger partial charge in [0.1, 0.15) is 19.5 Å². The smallest absolute Gasteiger partial charge is 0.237 e. The predicted octanol–water partition coefficient (Wildman–Crippen LogP) is 1.45. The molecule has 2 aromatic rings. The average Bonchev–Trinajstić information content (AvgIpc) is 2.48. The Kier molecular flexibility index (Phi) is 2.85. The second-order valence-corrected chi connectivity index (χ2v) is 4.52. The van der Waals surface area contributed by atoms with E-state index < -0.39 is 0 Å². The van der Waals surface area contributed by atoms with E-state index in [1.165, 1.54) is 0 Å². The van der Waals surface area contributed by atoms with Gasteiger partial charge in [0, 0.05) is 6.20 Å². The minimum absolute atomic E-state index is 0.453. The standard InChI is InChI=1S/C7H5I2N5/c8-5-6(9)14(3-12-5)7-11-2-1-4(10)13-7/h1-3H,(H2,10,11,13). The van der Waals surface area contributed by atoms with Gasteiger partial charge in [-0.3, -0.25) is 4.57 Å². The van der Waals surface area contributed by atoms with Crippen LogP contribution in [-0.2, 0) is 0 Å². The molecule has 2 heterocycles. The number of anilines is 1. The lowest BCUT2D eigenvalue weighted by Gasteiger charge is -2.01. The van der Waals surface area contributed by atoms with Gasteiger partial charge in [-0.05, 0) is 51.2 Å². The number of rotatable bonds is 1. The van der Waals surface area contributed by atoms with Gasteiger partial charge in [-0.25, -0.2) is 9.97 Å². The number of imidazole rings is 1. The zero-order valence-corrected chi connectivity index (χ0v) is 11.2. The molecular formula is C7H5I2N5. The van der Waals surface area contributed by atoms with Crippen molar-refractivity contribution in [2.45, 2.75) is 0 Å². The summed E-state index contributed by atoms with van der Waals surface area (Å²) in [4.78, 5) is 12.4. The summed E-state index contributed by atoms with van der Waals surface area (Å²) in [6.45, 7) is 0. The maximum atomic E-state index is 5.56. The van der Waals surface area contributed by atoms with Crippen LogP contribution < -0.4 is 5.73 Å². The molecule has 0 aliphatic carbocycles. The van der Waals surface area contributed by atoms with E-state index in [-0.39, 0.29) is 0 Å². The highest BCUT2D eigenvalue weighted by Crippen LogP contribution is 2.16. The number of aromatic nitrogens is 4. The molecule has 0 aliphatic heterocycles. The molecule has 0 radical (unpaired) electrons. The first-order chi connectivity index (χ1) is 6.68. The third-order valence-corrected chi connectivity index (χ3v) is 4.40. The second-order valence-electron chi connectivity index (χ2n) is 2.48. The first-order valence-corrected chi connectivity index (χ1v) is 5.81. The molecule has 0 spiro atoms. The first kappa shape index (κ1) is 10.1. The Bertz CT molecular complexity index is 467. The molecule has 2 N–H and O–H groups in total. The van der Waals surface area contributed by atoms with Gasteiger partial charge in [0.15, 0.2) is 0 Å². The van der Waals surface area contributed by atoms with Crippen molar-refractivity contribution in [3.05, 3.63) is 26.0 Å². The minimum Gasteiger partial charge on any atom is -0.384 e. The van der Waals surface area contributed by atoms with Crippen molar-refractivity contribution in [1.82, 2.24) is 19.5 Å². The van der Waals surface area contributed by atoms with E-state index >= 15 is 0 Å². The number of hydrogen-bond donors (Lipinski definition) is 1. The highest BCUT2D eigenvalue weighted by molar-refractivity contribution is 14.1. The van der Waals surface area contributed by atoms with Crippen LogP contribution in [-0.4, -0.2) is 19.5 Å². The van der Waals surface area contributed by atoms with E-state index in [9.17, 15) is 0 Å². The lowest BCUT2D eigenvalue weighted by atomic mass is 10.6. The molecule has 2 aromatic heterocycles. The van der Waals surface area contributed by atoms with Crippen LogP contribution >= 0.6 is 45.2 Å². The molecule has 0 amide bonds. The Labute approximate surface area is 107 Å². The van der Waals surface area contributed by atoms with Gasteiger partial charge in [-0.15, -0.1) is 0 Å². The van der Waals surface area contributed by atoms with E-state index in [1.807, 2.05) is 0 Å². The Morgan fingerprint density at radius 3 is 2.64 bits per heavy atom. The van der Waals surface area contributed by atoms with Crippen LogP contribution in [0, 0.1) is 7.40 Å². The molecule has 0 unspecified atom stereocenters. The fraction of sp³-hybridized carbons (Fsp3) is 0. The normalized spacial score (nSPS) is 10.4. The van der Waals surface area contributed by atoms with Crippen molar-refractivity contribution in [2.75, 3.05) is 5.73 Å². The van der Waals surface area contributed by atoms with Crippen molar-refractivity contribution in [2.24, 2.45) is 0 Å². The fourth-order valence-corrected chi connectivity index (χ4v) is 1.79. The van der Waals surface area contributed by atoms with Gasteiger partial charge in [0.2, 0.25) is 5.95 Å². The molecule has 0 aliphatic rings. The molecular weight excluding hydrogens is 408 g/mol. The first-order valence-electron chi connectivity index (χ1n) is 3.65. The molecule has 0 aromatic carbocycles. The molecule has 72 valence electrons. The van der Waals surface area contributed by atoms with Gasteiger partial charge in [0.25, 0.3) is 0 Å². The van der Waals surface area contributed by atoms with Crippen molar-refractivity contribution in [1.29, 1.82) is 0 Å². The largest absolute Gasteiger partial charge is 0.384 e. The molecule has 5 nitrogen and oxygen atoms in total. The SMILES string of the molecule is Nc1ccnc(-n2cnc(I)c2I)n1. The van der Waals surface area contributed by atoms with Gasteiger partial charge in [-0.1, -0.05) is 0 Å². The zero-order valence-electron chi connectivity index (χ0n) is 6.85. The van der Waals surface area contributed by atoms with Crippen LogP contribution in [0.3, 0.4) is 0 Å². The average molecular weight is 413 g/mol. The summed E-state index contributed by atoms with van der Waals surface area (Å²) in [6.07, 6.45) is 3.30. The number of hydrogen-bond acceptors (Lipinski definition) is 4. The summed E-state index contributed by atoms with van der Waals surface area (Å²) in [5.41, 5.74) is 5.56. The Morgan fingerprint density at radius 1 is 1.29 bits per heavy atom. The van der Waals surface area contributed by atoms with Crippen molar-refractivity contribution in [3.63, 3.8) is 0 Å². The minimum atomic E-state index is 0.453. The number of nitrogens with zero attached hydrogens (tertiary/aromatic N) is 4. The molecule has 0 saturated heterocycles. The quantitative estimate of drug-likeness (QED) is 0.720. The third kappa shape index (κ3) is 1.82. The molecule has 0 fully saturated rings. The van der Waals surface area contributed by atoms with E-state index in [0.29, 0.717) is 11.8 Å². The van der Waals surface area contributed by atoms with Crippen LogP contribution in [0.2, 0.25) is 0 Å². The molecule has 7 heteroatoms. The lowest BCUT2D eigenvalue weighted by Crippen LogP contribution is -2.03. The van der Waals surface area contributed by atoms with Crippen LogP contribution in [0.5, 0.6) is 0 Å². The van der Waals surface area contributed by atoms with Crippen LogP contribution in [0.25, 0.3) is 5.95 Å². The number of nitrogen functional groups attached to an aromatic ring is 1. The summed E-state index contributed by atoms with van der Waals surface area (Å²) in [5.74, 6) is 0.999. The summed E-state index contributed by atoms with van der Waals surface area (Å²) in [6, 6.07) is 1.65. The molecule has 0 bridgehead atoms. The Hall–Kier alpha value is -0.450. The topological polar surface area (TPSA) is 69.6 Å². The van der Waals surface area contributed by atoms with E-state index in [2.05, 4.69) is 60.1 Å². The lowest BCUT2D eigenvalue weighted by molar-refractivity contribution is 0.910. The van der Waals surface area contributed by atoms with Crippen LogP contribution in [0.1, 0.15) is 0 Å². The van der Waals surface area contributed by atoms with E-state index in [1.54, 1.807) is 23.2 Å². The highest BCUT2D eigenvalue weighted by Gasteiger charge is 2.08. The maximum absolute atomic E-state index is 5.56. The number of halogens is 2. The summed E-state index contributed by atoms with van der Waals surface area (Å²) in [5, 5.41) is 0. The van der Waals surface area contributed by atoms with Gasteiger partial charge >= 0.3 is 0 Å². The molecule has 2 rings (SSSR count). The van der Waals surface area contributed by atoms with E-state index in [4.69, 9.17) is 5.73 Å². The Morgan fingerprint density at radius 2 is 2.07 bits per heavy atom. The van der Waals surface area contributed by atoms with Crippen LogP contribution in [0.15, 0.2) is 18.6 Å². The van der Waals surface area contributed by atoms with Gasteiger partial charge < -0.3 is 5.73 Å². The van der Waals surface area contributed by atoms with Crippen molar-refractivity contribution in [3.8, 4) is 5.95 Å². The zero-order chi connectivity index (χ0) is 10.1. The molecule has 14 heavy (non-hydrogen) atoms. The fourth-order valence-electron chi connectivity index (χ4n) is 0.929. The Balaban J connectivity index is 2.55. The number of nitrogens with two attached hydrogens (primary N) is 1. The highest BCUT2D eigenvalue weighted by atomic mass is 127. The third-order valence-electron chi connectivity index (χ3n) is 1.55. The monoisotopic (exact) mass is 413 g/mol. The predicted molar refractivity (Wildman–Crippen MR) is 69.0 cm³/mol. The van der Waals surface area contributed by atoms with E-state index in [0.717, 1.165) is 7.40 Å². The summed E-state index contributed by atoms with van der Waals surface area (Å²) < 4.78 is 3.70. The van der Waals surface area contributed by atoms with Gasteiger partial charge in [-0.2, -0.15) is 4.98 Å². The molecule has 0 atom stereocenters. The van der Waals surface area contributed by atoms with Crippen LogP contribution in [0.4, 0.5) is 5.82 Å². The summed E-state index contributed by atoms with van der Waals surface area (Å²) in [7, 11) is 0. The maximum Gasteiger partial charge on any atom is 0.237 e. The summed E-state index contributed by atoms with van der Waals surface area (Å²) >= 11 is 4.34. The second kappa shape index (κ2) is 3.96. The van der Waals surface area contributed by atoms with Crippen molar-refractivity contribution < 1.29 is 0 Å². The molecule has 0 saturated carbocycles. The van der Waals surface area contributed by atoms with Crippen molar-refractivity contribution >= 4 is 51.0 Å².